The lowest BCUT2D eigenvalue weighted by Gasteiger charge is -2.36. The van der Waals surface area contributed by atoms with Crippen molar-refractivity contribution in [3.8, 4) is 0 Å². The zero-order valence-electron chi connectivity index (χ0n) is 10.9. The minimum atomic E-state index is -0.728. The SMILES string of the molecule is O=C1CSc2ccc(C(=O)NCC3(O)CCC3)cc2N1. The Morgan fingerprint density at radius 2 is 2.25 bits per heavy atom. The van der Waals surface area contributed by atoms with Crippen LogP contribution in [0.1, 0.15) is 29.6 Å². The minimum Gasteiger partial charge on any atom is -0.388 e. The van der Waals surface area contributed by atoms with E-state index in [4.69, 9.17) is 0 Å². The normalized spacial score (nSPS) is 19.6. The highest BCUT2D eigenvalue weighted by Gasteiger charge is 2.34. The molecule has 0 aromatic heterocycles. The van der Waals surface area contributed by atoms with Crippen molar-refractivity contribution >= 4 is 29.3 Å². The summed E-state index contributed by atoms with van der Waals surface area (Å²) < 4.78 is 0. The Kier molecular flexibility index (Phi) is 3.43. The minimum absolute atomic E-state index is 0.0520. The van der Waals surface area contributed by atoms with E-state index >= 15 is 0 Å². The molecule has 5 nitrogen and oxygen atoms in total. The second-order valence-electron chi connectivity index (χ2n) is 5.31. The van der Waals surface area contributed by atoms with Crippen LogP contribution in [0.4, 0.5) is 5.69 Å². The van der Waals surface area contributed by atoms with E-state index in [1.807, 2.05) is 6.07 Å². The Hall–Kier alpha value is -1.53. The van der Waals surface area contributed by atoms with Crippen LogP contribution in [-0.4, -0.2) is 34.8 Å². The summed E-state index contributed by atoms with van der Waals surface area (Å²) in [6.07, 6.45) is 2.49. The molecule has 6 heteroatoms. The number of nitrogens with one attached hydrogen (secondary N) is 2. The Labute approximate surface area is 121 Å². The summed E-state index contributed by atoms with van der Waals surface area (Å²) in [5.41, 5.74) is 0.448. The van der Waals surface area contributed by atoms with Gasteiger partial charge in [0.15, 0.2) is 0 Å². The number of anilines is 1. The van der Waals surface area contributed by atoms with Gasteiger partial charge in [0.1, 0.15) is 0 Å². The lowest BCUT2D eigenvalue weighted by Crippen LogP contribution is -2.47. The van der Waals surface area contributed by atoms with Gasteiger partial charge in [0.2, 0.25) is 5.91 Å². The molecule has 0 spiro atoms. The van der Waals surface area contributed by atoms with Crippen LogP contribution in [0.25, 0.3) is 0 Å². The molecule has 2 aliphatic rings. The van der Waals surface area contributed by atoms with Gasteiger partial charge in [0, 0.05) is 17.0 Å². The molecule has 0 bridgehead atoms. The Morgan fingerprint density at radius 1 is 1.45 bits per heavy atom. The van der Waals surface area contributed by atoms with E-state index in [1.54, 1.807) is 12.1 Å². The maximum Gasteiger partial charge on any atom is 0.251 e. The van der Waals surface area contributed by atoms with E-state index in [0.29, 0.717) is 17.0 Å². The first-order chi connectivity index (χ1) is 9.56. The predicted octanol–water partition coefficient (Wildman–Crippen LogP) is 1.38. The topological polar surface area (TPSA) is 78.4 Å². The van der Waals surface area contributed by atoms with Crippen LogP contribution >= 0.6 is 11.8 Å². The van der Waals surface area contributed by atoms with Crippen molar-refractivity contribution < 1.29 is 14.7 Å². The highest BCUT2D eigenvalue weighted by Crippen LogP contribution is 2.32. The summed E-state index contributed by atoms with van der Waals surface area (Å²) in [6, 6.07) is 5.26. The van der Waals surface area contributed by atoms with Crippen molar-refractivity contribution in [2.24, 2.45) is 0 Å². The molecule has 1 aromatic rings. The molecule has 1 saturated carbocycles. The van der Waals surface area contributed by atoms with Gasteiger partial charge in [-0.25, -0.2) is 0 Å². The molecule has 20 heavy (non-hydrogen) atoms. The van der Waals surface area contributed by atoms with Crippen LogP contribution in [-0.2, 0) is 4.79 Å². The van der Waals surface area contributed by atoms with E-state index in [0.717, 1.165) is 24.2 Å². The summed E-state index contributed by atoms with van der Waals surface area (Å²) in [4.78, 5) is 24.4. The van der Waals surface area contributed by atoms with Gasteiger partial charge < -0.3 is 15.7 Å². The third-order valence-electron chi connectivity index (χ3n) is 3.74. The van der Waals surface area contributed by atoms with Crippen molar-refractivity contribution in [2.45, 2.75) is 29.8 Å². The van der Waals surface area contributed by atoms with E-state index in [9.17, 15) is 14.7 Å². The molecule has 1 aliphatic carbocycles. The maximum absolute atomic E-state index is 12.1. The van der Waals surface area contributed by atoms with E-state index in [2.05, 4.69) is 10.6 Å². The highest BCUT2D eigenvalue weighted by molar-refractivity contribution is 8.00. The zero-order valence-corrected chi connectivity index (χ0v) is 11.8. The van der Waals surface area contributed by atoms with Gasteiger partial charge in [0.05, 0.1) is 17.0 Å². The maximum atomic E-state index is 12.1. The third-order valence-corrected chi connectivity index (χ3v) is 4.81. The first-order valence-corrected chi connectivity index (χ1v) is 7.62. The largest absolute Gasteiger partial charge is 0.388 e. The number of aliphatic hydroxyl groups is 1. The quantitative estimate of drug-likeness (QED) is 0.786. The molecule has 0 atom stereocenters. The number of rotatable bonds is 3. The molecule has 3 rings (SSSR count). The number of benzene rings is 1. The Balaban J connectivity index is 1.68. The number of hydrogen-bond donors (Lipinski definition) is 3. The zero-order chi connectivity index (χ0) is 14.2. The van der Waals surface area contributed by atoms with E-state index < -0.39 is 5.60 Å². The second-order valence-corrected chi connectivity index (χ2v) is 6.33. The van der Waals surface area contributed by atoms with Crippen LogP contribution in [0.5, 0.6) is 0 Å². The average molecular weight is 292 g/mol. The Morgan fingerprint density at radius 3 is 2.95 bits per heavy atom. The molecular weight excluding hydrogens is 276 g/mol. The molecule has 1 fully saturated rings. The van der Waals surface area contributed by atoms with Crippen molar-refractivity contribution in [1.82, 2.24) is 5.32 Å². The number of carbonyl (C=O) groups excluding carboxylic acids is 2. The molecule has 1 heterocycles. The molecule has 0 saturated heterocycles. The molecule has 106 valence electrons. The number of carbonyl (C=O) groups is 2. The number of fused-ring (bicyclic) bond motifs is 1. The van der Waals surface area contributed by atoms with Crippen molar-refractivity contribution in [2.75, 3.05) is 17.6 Å². The van der Waals surface area contributed by atoms with Crippen LogP contribution in [0, 0.1) is 0 Å². The molecule has 1 aromatic carbocycles. The summed E-state index contributed by atoms with van der Waals surface area (Å²) in [5.74, 6) is 0.132. The monoisotopic (exact) mass is 292 g/mol. The number of thioether (sulfide) groups is 1. The van der Waals surface area contributed by atoms with E-state index in [1.165, 1.54) is 11.8 Å². The van der Waals surface area contributed by atoms with E-state index in [-0.39, 0.29) is 18.4 Å². The lowest BCUT2D eigenvalue weighted by molar-refractivity contribution is -0.113. The molecule has 3 N–H and O–H groups in total. The first kappa shape index (κ1) is 13.5. The number of hydrogen-bond acceptors (Lipinski definition) is 4. The molecule has 2 amide bonds. The fraction of sp³-hybridized carbons (Fsp3) is 0.429. The molecule has 0 unspecified atom stereocenters. The summed E-state index contributed by atoms with van der Waals surface area (Å²) in [6.45, 7) is 0.282. The fourth-order valence-corrected chi connectivity index (χ4v) is 3.12. The third kappa shape index (κ3) is 2.66. The fourth-order valence-electron chi connectivity index (χ4n) is 2.33. The average Bonchev–Trinajstić information content (AvgIpc) is 2.41. The van der Waals surface area contributed by atoms with Gasteiger partial charge in [-0.2, -0.15) is 0 Å². The van der Waals surface area contributed by atoms with Crippen molar-refractivity contribution in [3.05, 3.63) is 23.8 Å². The van der Waals surface area contributed by atoms with Gasteiger partial charge >= 0.3 is 0 Å². The van der Waals surface area contributed by atoms with Crippen LogP contribution in [0.15, 0.2) is 23.1 Å². The predicted molar refractivity (Wildman–Crippen MR) is 76.9 cm³/mol. The van der Waals surface area contributed by atoms with Crippen molar-refractivity contribution in [1.29, 1.82) is 0 Å². The Bertz CT molecular complexity index is 570. The molecule has 1 aliphatic heterocycles. The summed E-state index contributed by atoms with van der Waals surface area (Å²) >= 11 is 1.46. The lowest BCUT2D eigenvalue weighted by atomic mass is 9.80. The summed E-state index contributed by atoms with van der Waals surface area (Å²) in [5, 5.41) is 15.5. The van der Waals surface area contributed by atoms with Gasteiger partial charge in [-0.15, -0.1) is 11.8 Å². The summed E-state index contributed by atoms with van der Waals surface area (Å²) in [7, 11) is 0. The van der Waals surface area contributed by atoms with Gasteiger partial charge in [-0.1, -0.05) is 0 Å². The van der Waals surface area contributed by atoms with Crippen molar-refractivity contribution in [3.63, 3.8) is 0 Å². The second kappa shape index (κ2) is 5.10. The molecular formula is C14H16N2O3S. The van der Waals surface area contributed by atoms with Crippen LogP contribution in [0.3, 0.4) is 0 Å². The van der Waals surface area contributed by atoms with Gasteiger partial charge in [0.25, 0.3) is 5.91 Å². The first-order valence-electron chi connectivity index (χ1n) is 6.63. The molecule has 0 radical (unpaired) electrons. The van der Waals surface area contributed by atoms with Crippen LogP contribution < -0.4 is 10.6 Å². The highest BCUT2D eigenvalue weighted by atomic mass is 32.2. The van der Waals surface area contributed by atoms with Gasteiger partial charge in [-0.3, -0.25) is 9.59 Å². The van der Waals surface area contributed by atoms with Gasteiger partial charge in [-0.05, 0) is 37.5 Å². The number of amides is 2. The van der Waals surface area contributed by atoms with Crippen LogP contribution in [0.2, 0.25) is 0 Å². The standard InChI is InChI=1S/C14H16N2O3S/c17-12-7-20-11-3-2-9(6-10(11)16-12)13(18)15-8-14(19)4-1-5-14/h2-3,6,19H,1,4-5,7-8H2,(H,15,18)(H,16,17). The smallest absolute Gasteiger partial charge is 0.251 e.